The highest BCUT2D eigenvalue weighted by Crippen LogP contribution is 2.23. The lowest BCUT2D eigenvalue weighted by Gasteiger charge is -2.14. The van der Waals surface area contributed by atoms with Crippen molar-refractivity contribution in [1.29, 1.82) is 5.26 Å². The van der Waals surface area contributed by atoms with Gasteiger partial charge in [0.2, 0.25) is 0 Å². The number of ether oxygens (including phenoxy) is 1. The molecule has 1 aromatic rings. The predicted octanol–water partition coefficient (Wildman–Crippen LogP) is 4.36. The highest BCUT2D eigenvalue weighted by molar-refractivity contribution is 9.10. The second-order valence-electron chi connectivity index (χ2n) is 5.10. The van der Waals surface area contributed by atoms with E-state index in [9.17, 15) is 4.79 Å². The van der Waals surface area contributed by atoms with Crippen LogP contribution in [0, 0.1) is 16.7 Å². The van der Waals surface area contributed by atoms with Crippen molar-refractivity contribution in [3.63, 3.8) is 0 Å². The van der Waals surface area contributed by atoms with Crippen molar-refractivity contribution in [2.24, 2.45) is 5.41 Å². The quantitative estimate of drug-likeness (QED) is 0.553. The van der Waals surface area contributed by atoms with Crippen molar-refractivity contribution >= 4 is 22.2 Å². The maximum absolute atomic E-state index is 10.8. The fraction of sp³-hybridized carbons (Fsp3) is 0.467. The molecule has 102 valence electrons. The van der Waals surface area contributed by atoms with Gasteiger partial charge in [0.15, 0.2) is 6.29 Å². The Morgan fingerprint density at radius 2 is 2.16 bits per heavy atom. The normalized spacial score (nSPS) is 10.8. The Labute approximate surface area is 122 Å². The standard InChI is InChI=1S/C15H18BrNO2/c1-15(2,11-17)7-3-4-8-19-13-5-6-14(16)12(9-13)10-18/h5-6,9-10H,3-4,7-8H2,1-2H3. The number of carbonyl (C=O) groups is 1. The second-order valence-corrected chi connectivity index (χ2v) is 5.96. The van der Waals surface area contributed by atoms with Crippen LogP contribution in [0.3, 0.4) is 0 Å². The molecule has 0 bridgehead atoms. The zero-order chi connectivity index (χ0) is 14.3. The first-order valence-electron chi connectivity index (χ1n) is 6.27. The average molecular weight is 324 g/mol. The molecular formula is C15H18BrNO2. The molecule has 0 fully saturated rings. The molecule has 0 atom stereocenters. The van der Waals surface area contributed by atoms with Crippen LogP contribution in [0.2, 0.25) is 0 Å². The van der Waals surface area contributed by atoms with Crippen LogP contribution in [0.1, 0.15) is 43.5 Å². The maximum atomic E-state index is 10.8. The Balaban J connectivity index is 2.34. The first kappa shape index (κ1) is 15.7. The third-order valence-corrected chi connectivity index (χ3v) is 3.58. The lowest BCUT2D eigenvalue weighted by molar-refractivity contribution is 0.112. The number of nitriles is 1. The Bertz CT molecular complexity index is 478. The molecule has 19 heavy (non-hydrogen) atoms. The van der Waals surface area contributed by atoms with Crippen LogP contribution in [0.25, 0.3) is 0 Å². The van der Waals surface area contributed by atoms with Crippen molar-refractivity contribution in [3.05, 3.63) is 28.2 Å². The molecule has 1 rings (SSSR count). The van der Waals surface area contributed by atoms with E-state index in [1.807, 2.05) is 19.9 Å². The van der Waals surface area contributed by atoms with Crippen molar-refractivity contribution in [3.8, 4) is 11.8 Å². The van der Waals surface area contributed by atoms with Crippen molar-refractivity contribution < 1.29 is 9.53 Å². The average Bonchev–Trinajstić information content (AvgIpc) is 2.40. The molecule has 0 saturated carbocycles. The number of carbonyl (C=O) groups excluding carboxylic acids is 1. The van der Waals surface area contributed by atoms with Crippen LogP contribution in [0.15, 0.2) is 22.7 Å². The summed E-state index contributed by atoms with van der Waals surface area (Å²) in [4.78, 5) is 10.8. The van der Waals surface area contributed by atoms with E-state index >= 15 is 0 Å². The smallest absolute Gasteiger partial charge is 0.151 e. The van der Waals surface area contributed by atoms with Crippen LogP contribution in [-0.2, 0) is 0 Å². The molecule has 0 saturated heterocycles. The molecule has 0 unspecified atom stereocenters. The summed E-state index contributed by atoms with van der Waals surface area (Å²) in [6, 6.07) is 7.64. The van der Waals surface area contributed by atoms with E-state index in [4.69, 9.17) is 10.00 Å². The van der Waals surface area contributed by atoms with Gasteiger partial charge in [0, 0.05) is 10.0 Å². The molecule has 0 amide bonds. The van der Waals surface area contributed by atoms with Gasteiger partial charge in [0.05, 0.1) is 18.1 Å². The van der Waals surface area contributed by atoms with Gasteiger partial charge in [-0.1, -0.05) is 15.9 Å². The summed E-state index contributed by atoms with van der Waals surface area (Å²) in [7, 11) is 0. The zero-order valence-corrected chi connectivity index (χ0v) is 12.9. The fourth-order valence-electron chi connectivity index (χ4n) is 1.62. The van der Waals surface area contributed by atoms with E-state index in [2.05, 4.69) is 22.0 Å². The zero-order valence-electron chi connectivity index (χ0n) is 11.3. The molecule has 0 spiro atoms. The SMILES string of the molecule is CC(C)(C#N)CCCCOc1ccc(Br)c(C=O)c1. The number of benzene rings is 1. The van der Waals surface area contributed by atoms with Crippen LogP contribution in [0.5, 0.6) is 5.75 Å². The lowest BCUT2D eigenvalue weighted by Crippen LogP contribution is -2.08. The summed E-state index contributed by atoms with van der Waals surface area (Å²) < 4.78 is 6.36. The summed E-state index contributed by atoms with van der Waals surface area (Å²) in [5.41, 5.74) is 0.325. The van der Waals surface area contributed by atoms with Crippen molar-refractivity contribution in [1.82, 2.24) is 0 Å². The highest BCUT2D eigenvalue weighted by Gasteiger charge is 2.15. The number of aldehydes is 1. The minimum absolute atomic E-state index is 0.262. The van der Waals surface area contributed by atoms with E-state index in [1.165, 1.54) is 0 Å². The molecule has 0 aliphatic rings. The first-order chi connectivity index (χ1) is 8.98. The van der Waals surface area contributed by atoms with Crippen molar-refractivity contribution in [2.45, 2.75) is 33.1 Å². The summed E-state index contributed by atoms with van der Waals surface area (Å²) >= 11 is 3.30. The predicted molar refractivity (Wildman–Crippen MR) is 78.3 cm³/mol. The number of rotatable bonds is 7. The van der Waals surface area contributed by atoms with Gasteiger partial charge >= 0.3 is 0 Å². The van der Waals surface area contributed by atoms with Gasteiger partial charge in [0.25, 0.3) is 0 Å². The van der Waals surface area contributed by atoms with E-state index in [-0.39, 0.29) is 5.41 Å². The van der Waals surface area contributed by atoms with Crippen LogP contribution >= 0.6 is 15.9 Å². The number of nitrogens with zero attached hydrogens (tertiary/aromatic N) is 1. The van der Waals surface area contributed by atoms with Gasteiger partial charge in [-0.15, -0.1) is 0 Å². The Hall–Kier alpha value is -1.34. The molecule has 0 aliphatic carbocycles. The minimum Gasteiger partial charge on any atom is -0.494 e. The van der Waals surface area contributed by atoms with Crippen LogP contribution in [0.4, 0.5) is 0 Å². The van der Waals surface area contributed by atoms with E-state index in [0.29, 0.717) is 17.9 Å². The number of halogens is 1. The summed E-state index contributed by atoms with van der Waals surface area (Å²) in [5.74, 6) is 0.699. The molecular weight excluding hydrogens is 306 g/mol. The number of hydrogen-bond donors (Lipinski definition) is 0. The topological polar surface area (TPSA) is 50.1 Å². The summed E-state index contributed by atoms with van der Waals surface area (Å²) in [6.07, 6.45) is 3.52. The number of hydrogen-bond acceptors (Lipinski definition) is 3. The molecule has 4 heteroatoms. The molecule has 0 aliphatic heterocycles. The Morgan fingerprint density at radius 3 is 2.79 bits per heavy atom. The monoisotopic (exact) mass is 323 g/mol. The third kappa shape index (κ3) is 5.44. The largest absolute Gasteiger partial charge is 0.494 e. The molecule has 0 aromatic heterocycles. The fourth-order valence-corrected chi connectivity index (χ4v) is 1.96. The third-order valence-electron chi connectivity index (χ3n) is 2.86. The van der Waals surface area contributed by atoms with Crippen LogP contribution in [-0.4, -0.2) is 12.9 Å². The minimum atomic E-state index is -0.262. The van der Waals surface area contributed by atoms with E-state index < -0.39 is 0 Å². The van der Waals surface area contributed by atoms with Gasteiger partial charge in [-0.2, -0.15) is 5.26 Å². The van der Waals surface area contributed by atoms with Crippen molar-refractivity contribution in [2.75, 3.05) is 6.61 Å². The van der Waals surface area contributed by atoms with Gasteiger partial charge in [-0.05, 0) is 51.3 Å². The van der Waals surface area contributed by atoms with E-state index in [1.54, 1.807) is 12.1 Å². The summed E-state index contributed by atoms with van der Waals surface area (Å²) in [5, 5.41) is 8.89. The molecule has 0 radical (unpaired) electrons. The lowest BCUT2D eigenvalue weighted by atomic mass is 9.89. The Kier molecular flexibility index (Phi) is 6.04. The molecule has 0 N–H and O–H groups in total. The van der Waals surface area contributed by atoms with Gasteiger partial charge in [0.1, 0.15) is 5.75 Å². The maximum Gasteiger partial charge on any atom is 0.151 e. The molecule has 1 aromatic carbocycles. The van der Waals surface area contributed by atoms with Gasteiger partial charge < -0.3 is 4.74 Å². The number of unbranched alkanes of at least 4 members (excludes halogenated alkanes) is 1. The molecule has 0 heterocycles. The summed E-state index contributed by atoms with van der Waals surface area (Å²) in [6.45, 7) is 4.49. The highest BCUT2D eigenvalue weighted by atomic mass is 79.9. The van der Waals surface area contributed by atoms with Gasteiger partial charge in [-0.3, -0.25) is 4.79 Å². The van der Waals surface area contributed by atoms with Gasteiger partial charge in [-0.25, -0.2) is 0 Å². The second kappa shape index (κ2) is 7.30. The van der Waals surface area contributed by atoms with E-state index in [0.717, 1.165) is 30.0 Å². The van der Waals surface area contributed by atoms with Crippen LogP contribution < -0.4 is 4.74 Å². The first-order valence-corrected chi connectivity index (χ1v) is 7.06. The molecule has 3 nitrogen and oxygen atoms in total. The Morgan fingerprint density at radius 1 is 1.42 bits per heavy atom.